The van der Waals surface area contributed by atoms with Crippen molar-refractivity contribution in [2.75, 3.05) is 80.0 Å². The van der Waals surface area contributed by atoms with E-state index in [1.807, 2.05) is 0 Å². The van der Waals surface area contributed by atoms with Crippen molar-refractivity contribution < 1.29 is 81.8 Å². The summed E-state index contributed by atoms with van der Waals surface area (Å²) in [7, 11) is 2.90. The number of nitrogens with one attached hydrogen (secondary N) is 6. The molecule has 6 rings (SSSR count). The Morgan fingerprint density at radius 2 is 0.842 bits per heavy atom. The molecule has 4 aliphatic rings. The number of carbonyl (C=O) groups is 10. The molecule has 0 aromatic heterocycles. The Hall–Kier alpha value is -7.46. The highest BCUT2D eigenvalue weighted by molar-refractivity contribution is 5.98. The molecule has 0 saturated carbocycles. The highest BCUT2D eigenvalue weighted by Gasteiger charge is 2.51. The first-order chi connectivity index (χ1) is 45.2. The summed E-state index contributed by atoms with van der Waals surface area (Å²) in [6.07, 6.45) is 3.38. The first-order valence-corrected chi connectivity index (χ1v) is 33.6. The van der Waals surface area contributed by atoms with Crippen LogP contribution in [0.5, 0.6) is 0 Å². The Kier molecular flexibility index (Phi) is 29.5. The van der Waals surface area contributed by atoms with Gasteiger partial charge in [0.25, 0.3) is 0 Å². The van der Waals surface area contributed by atoms with Crippen molar-refractivity contribution in [2.24, 2.45) is 11.8 Å². The molecule has 10 amide bonds. The van der Waals surface area contributed by atoms with Crippen LogP contribution in [0.4, 0.5) is 9.59 Å². The number of ether oxygens (including phenoxy) is 5. The lowest BCUT2D eigenvalue weighted by Gasteiger charge is -2.34. The van der Waals surface area contributed by atoms with E-state index in [9.17, 15) is 58.2 Å². The molecule has 8 N–H and O–H groups in total. The van der Waals surface area contributed by atoms with Gasteiger partial charge in [-0.1, -0.05) is 74.5 Å². The number of aliphatic hydroxyl groups excluding tert-OH is 2. The average Bonchev–Trinajstić information content (AvgIpc) is 1.65. The number of hydrogen-bond donors (Lipinski definition) is 8. The molecule has 528 valence electrons. The minimum absolute atomic E-state index is 0.219. The summed E-state index contributed by atoms with van der Waals surface area (Å²) in [6.45, 7) is 15.2. The number of nitrogens with zero attached hydrogens (tertiary/aromatic N) is 4. The van der Waals surface area contributed by atoms with Gasteiger partial charge in [-0.15, -0.1) is 0 Å². The van der Waals surface area contributed by atoms with Gasteiger partial charge in [-0.25, -0.2) is 9.59 Å². The Morgan fingerprint density at radius 1 is 0.505 bits per heavy atom. The third kappa shape index (κ3) is 21.8. The van der Waals surface area contributed by atoms with E-state index in [-0.39, 0.29) is 64.4 Å². The summed E-state index contributed by atoms with van der Waals surface area (Å²) >= 11 is 0. The predicted octanol–water partition coefficient (Wildman–Crippen LogP) is 3.55. The number of amides is 10. The number of rotatable bonds is 32. The van der Waals surface area contributed by atoms with E-state index in [0.717, 1.165) is 0 Å². The first-order valence-electron chi connectivity index (χ1n) is 33.6. The van der Waals surface area contributed by atoms with Crippen LogP contribution in [0.15, 0.2) is 60.7 Å². The molecule has 4 aliphatic heterocycles. The number of likely N-dealkylation sites (N-methyl/N-ethyl adjacent to an activating group) is 2. The van der Waals surface area contributed by atoms with E-state index >= 15 is 0 Å². The Morgan fingerprint density at radius 3 is 1.17 bits per heavy atom. The van der Waals surface area contributed by atoms with Gasteiger partial charge in [0.15, 0.2) is 0 Å². The molecule has 27 nitrogen and oxygen atoms in total. The van der Waals surface area contributed by atoms with Crippen molar-refractivity contribution in [3.05, 3.63) is 71.8 Å². The smallest absolute Gasteiger partial charge is 0.410 e. The highest BCUT2D eigenvalue weighted by Crippen LogP contribution is 2.37. The Bertz CT molecular complexity index is 2690. The molecule has 0 spiro atoms. The second kappa shape index (κ2) is 36.6. The van der Waals surface area contributed by atoms with Crippen LogP contribution in [0.1, 0.15) is 156 Å². The number of fused-ring (bicyclic) bond motifs is 2. The van der Waals surface area contributed by atoms with Crippen molar-refractivity contribution in [1.29, 1.82) is 0 Å². The normalized spacial score (nSPS) is 22.4. The zero-order chi connectivity index (χ0) is 69.6. The van der Waals surface area contributed by atoms with Crippen molar-refractivity contribution in [2.45, 2.75) is 204 Å². The number of aliphatic hydroxyl groups is 2. The van der Waals surface area contributed by atoms with Crippen molar-refractivity contribution >= 4 is 59.4 Å². The first kappa shape index (κ1) is 76.6. The number of carbonyl (C=O) groups excluding carboxylic acids is 10. The van der Waals surface area contributed by atoms with Crippen LogP contribution >= 0.6 is 0 Å². The van der Waals surface area contributed by atoms with Gasteiger partial charge in [0, 0.05) is 77.5 Å². The lowest BCUT2D eigenvalue weighted by molar-refractivity contribution is -0.145. The fourth-order valence-electron chi connectivity index (χ4n) is 12.7. The quantitative estimate of drug-likeness (QED) is 0.0486. The minimum atomic E-state index is -1.17. The van der Waals surface area contributed by atoms with Gasteiger partial charge in [0.2, 0.25) is 47.3 Å². The second-order valence-electron chi connectivity index (χ2n) is 26.9. The van der Waals surface area contributed by atoms with Gasteiger partial charge < -0.3 is 75.6 Å². The third-order valence-corrected chi connectivity index (χ3v) is 17.7. The fourth-order valence-corrected chi connectivity index (χ4v) is 12.7. The van der Waals surface area contributed by atoms with Gasteiger partial charge in [0.1, 0.15) is 59.5 Å². The van der Waals surface area contributed by atoms with E-state index in [2.05, 4.69) is 31.9 Å². The number of benzene rings is 2. The average molecular weight is 1330 g/mol. The molecule has 0 bridgehead atoms. The predicted molar refractivity (Wildman–Crippen MR) is 349 cm³/mol. The molecule has 4 saturated heterocycles. The molecular formula is C68H104N10O17. The van der Waals surface area contributed by atoms with Gasteiger partial charge in [-0.2, -0.15) is 0 Å². The maximum Gasteiger partial charge on any atom is 0.410 e. The SMILES string of the molecule is CC[C@@H](C(=O)NC1C(=O)N2[C@@H](CC[C@@H]1CO)CC[C@H]2C(=O)N[C@H](C(=O)NCCCOCCOCCOCCCNC(=O)[C@@H](NC(=O)[C@@H]1CC[C@@H]2CC[C@H](CO)[C@H](NC(=O)[C@H](CC)N(C)C(=O)OC(C)(C)C)C(=O)N21)c1ccccc1)c1ccccc1)N(C)C(=O)OC(C)(C)C. The van der Waals surface area contributed by atoms with Crippen molar-refractivity contribution in [1.82, 2.24) is 51.5 Å². The van der Waals surface area contributed by atoms with Crippen molar-refractivity contribution in [3.63, 3.8) is 0 Å². The summed E-state index contributed by atoms with van der Waals surface area (Å²) in [5, 5.41) is 38.1. The van der Waals surface area contributed by atoms with Crippen LogP contribution in [0.3, 0.4) is 0 Å². The lowest BCUT2D eigenvalue weighted by atomic mass is 9.93. The summed E-state index contributed by atoms with van der Waals surface area (Å²) in [5.74, 6) is -5.50. The summed E-state index contributed by atoms with van der Waals surface area (Å²) in [4.78, 5) is 144. The van der Waals surface area contributed by atoms with Crippen LogP contribution in [0, 0.1) is 11.8 Å². The minimum Gasteiger partial charge on any atom is -0.444 e. The molecule has 1 unspecified atom stereocenters. The monoisotopic (exact) mass is 1330 g/mol. The third-order valence-electron chi connectivity index (χ3n) is 17.7. The molecule has 12 atom stereocenters. The Balaban J connectivity index is 0.896. The standard InChI is InChI=1S/C68H104N10O17/c1-11-49(75(9)65(89)94-67(3,4)5)57(81)73-55-45(41-79)25-27-47-29-31-51(77(47)63(55)87)59(83)71-53(43-21-15-13-16-22-43)61(85)69-33-19-35-91-37-39-93-40-38-92-36-20-34-70-62(86)54(44-23-17-14-18-24-44)72-60(84)52-32-30-48-28-26-46(42-80)56(64(88)78(48)52)74-58(82)50(12-2)76(10)66(90)95-68(6,7)8/h13-18,21-24,45-56,79-80H,11-12,19-20,25-42H2,1-10H3,(H,69,85)(H,70,86)(H,71,83)(H,72,84)(H,73,81)(H,74,82)/t45-,46-,47+,48+,49+,50+,51+,52+,53+,54+,55+,56?/m1/s1. The fraction of sp³-hybridized carbons (Fsp3) is 0.676. The van der Waals surface area contributed by atoms with Crippen LogP contribution < -0.4 is 31.9 Å². The maximum absolute atomic E-state index is 14.5. The van der Waals surface area contributed by atoms with Crippen LogP contribution in [-0.4, -0.2) is 229 Å². The van der Waals surface area contributed by atoms with Crippen LogP contribution in [-0.2, 0) is 62.0 Å². The molecular weight excluding hydrogens is 1230 g/mol. The van der Waals surface area contributed by atoms with Crippen LogP contribution in [0.2, 0.25) is 0 Å². The molecule has 0 radical (unpaired) electrons. The zero-order valence-corrected chi connectivity index (χ0v) is 57.1. The van der Waals surface area contributed by atoms with Crippen molar-refractivity contribution in [3.8, 4) is 0 Å². The van der Waals surface area contributed by atoms with Gasteiger partial charge >= 0.3 is 12.2 Å². The molecule has 4 heterocycles. The van der Waals surface area contributed by atoms with Gasteiger partial charge in [-0.05, 0) is 130 Å². The van der Waals surface area contributed by atoms with E-state index in [4.69, 9.17) is 23.7 Å². The second-order valence-corrected chi connectivity index (χ2v) is 26.9. The zero-order valence-electron chi connectivity index (χ0n) is 57.1. The molecule has 2 aromatic carbocycles. The Labute approximate surface area is 558 Å². The van der Waals surface area contributed by atoms with E-state index < -0.39 is 144 Å². The molecule has 2 aromatic rings. The van der Waals surface area contributed by atoms with E-state index in [1.165, 1.54) is 33.7 Å². The summed E-state index contributed by atoms with van der Waals surface area (Å²) < 4.78 is 28.1. The molecule has 95 heavy (non-hydrogen) atoms. The van der Waals surface area contributed by atoms with E-state index in [0.29, 0.717) is 88.5 Å². The molecule has 4 fully saturated rings. The topological polar surface area (TPSA) is 342 Å². The highest BCUT2D eigenvalue weighted by atomic mass is 16.6. The lowest BCUT2D eigenvalue weighted by Crippen LogP contribution is -2.59. The van der Waals surface area contributed by atoms with Gasteiger partial charge in [0.05, 0.1) is 26.4 Å². The summed E-state index contributed by atoms with van der Waals surface area (Å²) in [6, 6.07) is 8.42. The largest absolute Gasteiger partial charge is 0.444 e. The number of hydrogen-bond acceptors (Lipinski definition) is 17. The molecule has 27 heteroatoms. The van der Waals surface area contributed by atoms with Gasteiger partial charge in [-0.3, -0.25) is 48.2 Å². The maximum atomic E-state index is 14.5. The van der Waals surface area contributed by atoms with Crippen LogP contribution in [0.25, 0.3) is 0 Å². The van der Waals surface area contributed by atoms with E-state index in [1.54, 1.807) is 116 Å². The summed E-state index contributed by atoms with van der Waals surface area (Å²) in [5.41, 5.74) is -0.551. The molecule has 0 aliphatic carbocycles.